The van der Waals surface area contributed by atoms with Gasteiger partial charge in [-0.15, -0.1) is 0 Å². The van der Waals surface area contributed by atoms with Crippen LogP contribution < -0.4 is 5.32 Å². The first-order valence-corrected chi connectivity index (χ1v) is 8.69. The van der Waals surface area contributed by atoms with E-state index in [0.29, 0.717) is 31.5 Å². The summed E-state index contributed by atoms with van der Waals surface area (Å²) in [4.78, 5) is 25.8. The molecule has 24 heavy (non-hydrogen) atoms. The Labute approximate surface area is 143 Å². The van der Waals surface area contributed by atoms with E-state index in [1.807, 2.05) is 11.9 Å². The molecule has 1 aliphatic carbocycles. The number of aryl methyl sites for hydroxylation is 2. The summed E-state index contributed by atoms with van der Waals surface area (Å²) in [5, 5.41) is 2.64. The van der Waals surface area contributed by atoms with E-state index in [4.69, 9.17) is 4.74 Å². The minimum Gasteiger partial charge on any atom is -0.450 e. The molecule has 5 nitrogen and oxygen atoms in total. The van der Waals surface area contributed by atoms with Crippen LogP contribution in [0.5, 0.6) is 0 Å². The van der Waals surface area contributed by atoms with Crippen molar-refractivity contribution in [1.29, 1.82) is 0 Å². The van der Waals surface area contributed by atoms with Gasteiger partial charge in [0.1, 0.15) is 0 Å². The lowest BCUT2D eigenvalue weighted by atomic mass is 9.74. The van der Waals surface area contributed by atoms with E-state index in [1.54, 1.807) is 0 Å². The number of carbonyl (C=O) groups excluding carboxylic acids is 2. The second-order valence-electron chi connectivity index (χ2n) is 7.19. The van der Waals surface area contributed by atoms with Crippen LogP contribution in [0.25, 0.3) is 0 Å². The fraction of sp³-hybridized carbons (Fsp3) is 0.579. The predicted octanol–water partition coefficient (Wildman–Crippen LogP) is 2.75. The molecule has 130 valence electrons. The number of hydrogen-bond acceptors (Lipinski definition) is 3. The van der Waals surface area contributed by atoms with E-state index in [-0.39, 0.29) is 11.8 Å². The first-order chi connectivity index (χ1) is 11.4. The molecular formula is C19H26N2O3. The maximum atomic E-state index is 12.7. The molecule has 5 heteroatoms. The fourth-order valence-corrected chi connectivity index (χ4v) is 3.75. The quantitative estimate of drug-likeness (QED) is 0.927. The van der Waals surface area contributed by atoms with Gasteiger partial charge in [0.25, 0.3) is 0 Å². The molecule has 2 aliphatic rings. The predicted molar refractivity (Wildman–Crippen MR) is 91.9 cm³/mol. The number of carbonyl (C=O) groups is 2. The van der Waals surface area contributed by atoms with Crippen LogP contribution in [0.3, 0.4) is 0 Å². The van der Waals surface area contributed by atoms with E-state index in [1.165, 1.54) is 16.7 Å². The van der Waals surface area contributed by atoms with Crippen molar-refractivity contribution in [2.24, 2.45) is 5.92 Å². The molecule has 0 spiro atoms. The molecule has 1 aromatic carbocycles. The number of rotatable bonds is 3. The zero-order valence-electron chi connectivity index (χ0n) is 14.7. The number of benzene rings is 1. The molecule has 0 radical (unpaired) electrons. The number of ether oxygens (including phenoxy) is 1. The van der Waals surface area contributed by atoms with Crippen LogP contribution in [0.4, 0.5) is 4.79 Å². The van der Waals surface area contributed by atoms with Gasteiger partial charge in [-0.3, -0.25) is 4.79 Å². The van der Waals surface area contributed by atoms with E-state index in [0.717, 1.165) is 12.8 Å². The Kier molecular flexibility index (Phi) is 4.78. The van der Waals surface area contributed by atoms with Gasteiger partial charge in [-0.2, -0.15) is 0 Å². The Morgan fingerprint density at radius 1 is 1.21 bits per heavy atom. The summed E-state index contributed by atoms with van der Waals surface area (Å²) < 4.78 is 4.94. The molecule has 3 rings (SSSR count). The molecule has 0 bridgehead atoms. The highest BCUT2D eigenvalue weighted by Gasteiger charge is 2.37. The summed E-state index contributed by atoms with van der Waals surface area (Å²) in [6.45, 7) is 4.94. The average molecular weight is 330 g/mol. The Balaban J connectivity index is 1.56. The number of nitrogens with zero attached hydrogens (tertiary/aromatic N) is 1. The summed E-state index contributed by atoms with van der Waals surface area (Å²) in [6, 6.07) is 7.00. The monoisotopic (exact) mass is 330 g/mol. The second-order valence-corrected chi connectivity index (χ2v) is 7.19. The van der Waals surface area contributed by atoms with Crippen LogP contribution in [0.1, 0.15) is 41.9 Å². The molecule has 1 heterocycles. The van der Waals surface area contributed by atoms with Gasteiger partial charge in [0.2, 0.25) is 5.91 Å². The lowest BCUT2D eigenvalue weighted by Gasteiger charge is -2.42. The minimum absolute atomic E-state index is 0.115. The highest BCUT2D eigenvalue weighted by atomic mass is 16.5. The number of nitrogens with one attached hydrogen (secondary N) is 1. The van der Waals surface area contributed by atoms with Crippen LogP contribution >= 0.6 is 0 Å². The molecule has 1 saturated carbocycles. The van der Waals surface area contributed by atoms with Crippen molar-refractivity contribution in [2.75, 3.05) is 20.2 Å². The molecule has 1 aliphatic heterocycles. The van der Waals surface area contributed by atoms with E-state index in [9.17, 15) is 9.59 Å². The Morgan fingerprint density at radius 3 is 2.54 bits per heavy atom. The Hall–Kier alpha value is -2.04. The fourth-order valence-electron chi connectivity index (χ4n) is 3.75. The summed E-state index contributed by atoms with van der Waals surface area (Å²) in [6.07, 6.45) is 2.20. The topological polar surface area (TPSA) is 58.6 Å². The highest BCUT2D eigenvalue weighted by Crippen LogP contribution is 2.40. The zero-order chi connectivity index (χ0) is 17.3. The van der Waals surface area contributed by atoms with Gasteiger partial charge < -0.3 is 15.0 Å². The smallest absolute Gasteiger partial charge is 0.407 e. The Bertz CT molecular complexity index is 617. The van der Waals surface area contributed by atoms with Crippen LogP contribution in [0, 0.1) is 19.8 Å². The van der Waals surface area contributed by atoms with Gasteiger partial charge in [0.15, 0.2) is 0 Å². The third-order valence-corrected chi connectivity index (χ3v) is 5.27. The number of cyclic esters (lactones) is 1. The van der Waals surface area contributed by atoms with Gasteiger partial charge >= 0.3 is 6.09 Å². The Morgan fingerprint density at radius 2 is 1.88 bits per heavy atom. The van der Waals surface area contributed by atoms with E-state index < -0.39 is 6.09 Å². The van der Waals surface area contributed by atoms with Gasteiger partial charge in [-0.05, 0) is 44.6 Å². The third-order valence-electron chi connectivity index (χ3n) is 5.27. The zero-order valence-corrected chi connectivity index (χ0v) is 14.7. The lowest BCUT2D eigenvalue weighted by molar-refractivity contribution is -0.138. The second kappa shape index (κ2) is 6.83. The molecular weight excluding hydrogens is 304 g/mol. The highest BCUT2D eigenvalue weighted by molar-refractivity contribution is 5.80. The standard InChI is InChI=1S/C19H26N2O3/c1-12-6-13(2)8-15(7-12)16-9-17(10-16)21(3)18(22)14-4-5-24-19(23)20-11-14/h6-8,14,16-17H,4-5,9-11H2,1-3H3,(H,20,23)/t14-,16-,17-/m1/s1. The first-order valence-electron chi connectivity index (χ1n) is 8.69. The summed E-state index contributed by atoms with van der Waals surface area (Å²) in [5.41, 5.74) is 3.99. The van der Waals surface area contributed by atoms with Crippen LogP contribution in [-0.4, -0.2) is 43.1 Å². The van der Waals surface area contributed by atoms with E-state index >= 15 is 0 Å². The molecule has 2 amide bonds. The third kappa shape index (κ3) is 3.55. The molecule has 1 saturated heterocycles. The van der Waals surface area contributed by atoms with E-state index in [2.05, 4.69) is 37.4 Å². The van der Waals surface area contributed by atoms with Crippen molar-refractivity contribution in [3.05, 3.63) is 34.9 Å². The van der Waals surface area contributed by atoms with Crippen molar-refractivity contribution in [3.63, 3.8) is 0 Å². The van der Waals surface area contributed by atoms with Crippen molar-refractivity contribution < 1.29 is 14.3 Å². The van der Waals surface area contributed by atoms with Gasteiger partial charge in [0.05, 0.1) is 12.5 Å². The summed E-state index contributed by atoms with van der Waals surface area (Å²) in [5.74, 6) is 0.479. The molecule has 0 unspecified atom stereocenters. The summed E-state index contributed by atoms with van der Waals surface area (Å²) in [7, 11) is 1.89. The van der Waals surface area contributed by atoms with Crippen LogP contribution in [-0.2, 0) is 9.53 Å². The first kappa shape index (κ1) is 16.8. The van der Waals surface area contributed by atoms with Crippen LogP contribution in [0.15, 0.2) is 18.2 Å². The largest absolute Gasteiger partial charge is 0.450 e. The van der Waals surface area contributed by atoms with Crippen LogP contribution in [0.2, 0.25) is 0 Å². The molecule has 2 fully saturated rings. The maximum Gasteiger partial charge on any atom is 0.407 e. The van der Waals surface area contributed by atoms with Gasteiger partial charge in [-0.1, -0.05) is 29.3 Å². The average Bonchev–Trinajstić information content (AvgIpc) is 2.68. The number of hydrogen-bond donors (Lipinski definition) is 1. The molecule has 1 N–H and O–H groups in total. The normalized spacial score (nSPS) is 26.6. The van der Waals surface area contributed by atoms with Crippen molar-refractivity contribution in [2.45, 2.75) is 45.1 Å². The molecule has 1 atom stereocenters. The SMILES string of the molecule is Cc1cc(C)cc([C@H]2C[C@H](N(C)C(=O)[C@@H]3CCOC(=O)NC3)C2)c1. The summed E-state index contributed by atoms with van der Waals surface area (Å²) >= 11 is 0. The van der Waals surface area contributed by atoms with Crippen molar-refractivity contribution >= 4 is 12.0 Å². The molecule has 0 aromatic heterocycles. The minimum atomic E-state index is -0.425. The van der Waals surface area contributed by atoms with Gasteiger partial charge in [0, 0.05) is 19.6 Å². The maximum absolute atomic E-state index is 12.7. The van der Waals surface area contributed by atoms with Gasteiger partial charge in [-0.25, -0.2) is 4.79 Å². The van der Waals surface area contributed by atoms with Crippen molar-refractivity contribution in [1.82, 2.24) is 10.2 Å². The number of alkyl carbamates (subject to hydrolysis) is 1. The molecule has 1 aromatic rings. The van der Waals surface area contributed by atoms with Crippen molar-refractivity contribution in [3.8, 4) is 0 Å². The number of amides is 2. The lowest BCUT2D eigenvalue weighted by Crippen LogP contribution is -2.48.